The van der Waals surface area contributed by atoms with Gasteiger partial charge in [-0.25, -0.2) is 0 Å². The van der Waals surface area contributed by atoms with E-state index >= 15 is 0 Å². The SMILES string of the molecule is CC(C)n1cccc1C(=O)N1CCOCC1CC(O)c1ccccc1. The molecule has 0 bridgehead atoms. The van der Waals surface area contributed by atoms with Gasteiger partial charge < -0.3 is 19.3 Å². The lowest BCUT2D eigenvalue weighted by Gasteiger charge is -2.37. The Morgan fingerprint density at radius 1 is 1.24 bits per heavy atom. The molecule has 0 radical (unpaired) electrons. The molecule has 0 aliphatic carbocycles. The molecule has 25 heavy (non-hydrogen) atoms. The molecule has 2 heterocycles. The molecular formula is C20H26N2O3. The van der Waals surface area contributed by atoms with Crippen LogP contribution in [0.25, 0.3) is 0 Å². The lowest BCUT2D eigenvalue weighted by molar-refractivity contribution is -0.0179. The zero-order valence-corrected chi connectivity index (χ0v) is 14.8. The van der Waals surface area contributed by atoms with E-state index in [0.29, 0.717) is 31.9 Å². The zero-order chi connectivity index (χ0) is 17.8. The highest BCUT2D eigenvalue weighted by Crippen LogP contribution is 2.24. The van der Waals surface area contributed by atoms with Crippen molar-refractivity contribution in [3.63, 3.8) is 0 Å². The molecule has 1 saturated heterocycles. The second-order valence-corrected chi connectivity index (χ2v) is 6.78. The summed E-state index contributed by atoms with van der Waals surface area (Å²) in [4.78, 5) is 14.9. The van der Waals surface area contributed by atoms with Gasteiger partial charge in [0.2, 0.25) is 0 Å². The van der Waals surface area contributed by atoms with Gasteiger partial charge in [0.1, 0.15) is 5.69 Å². The third kappa shape index (κ3) is 3.94. The number of morpholine rings is 1. The standard InChI is InChI=1S/C20H26N2O3/c1-15(2)21-10-6-9-18(21)20(24)22-11-12-25-14-17(22)13-19(23)16-7-4-3-5-8-16/h3-10,15,17,19,23H,11-14H2,1-2H3. The van der Waals surface area contributed by atoms with Gasteiger partial charge in [-0.2, -0.15) is 0 Å². The van der Waals surface area contributed by atoms with Crippen LogP contribution in [0.3, 0.4) is 0 Å². The van der Waals surface area contributed by atoms with Crippen molar-refractivity contribution in [2.24, 2.45) is 0 Å². The van der Waals surface area contributed by atoms with E-state index in [-0.39, 0.29) is 18.0 Å². The number of hydrogen-bond acceptors (Lipinski definition) is 3. The number of rotatable bonds is 5. The van der Waals surface area contributed by atoms with Crippen molar-refractivity contribution in [1.29, 1.82) is 0 Å². The Bertz CT molecular complexity index is 696. The summed E-state index contributed by atoms with van der Waals surface area (Å²) in [6.07, 6.45) is 1.80. The predicted molar refractivity (Wildman–Crippen MR) is 96.5 cm³/mol. The maximum Gasteiger partial charge on any atom is 0.270 e. The summed E-state index contributed by atoms with van der Waals surface area (Å²) in [6.45, 7) is 5.66. The van der Waals surface area contributed by atoms with Crippen LogP contribution >= 0.6 is 0 Å². The first-order valence-corrected chi connectivity index (χ1v) is 8.86. The van der Waals surface area contributed by atoms with Crippen molar-refractivity contribution in [2.45, 2.75) is 38.5 Å². The van der Waals surface area contributed by atoms with Gasteiger partial charge in [-0.15, -0.1) is 0 Å². The summed E-state index contributed by atoms with van der Waals surface area (Å²) in [5, 5.41) is 10.5. The summed E-state index contributed by atoms with van der Waals surface area (Å²) in [5.74, 6) is 0.00672. The largest absolute Gasteiger partial charge is 0.388 e. The third-order valence-corrected chi connectivity index (χ3v) is 4.72. The van der Waals surface area contributed by atoms with Gasteiger partial charge in [0, 0.05) is 25.2 Å². The van der Waals surface area contributed by atoms with E-state index in [0.717, 1.165) is 5.56 Å². The lowest BCUT2D eigenvalue weighted by atomic mass is 10.0. The van der Waals surface area contributed by atoms with Crippen molar-refractivity contribution in [2.75, 3.05) is 19.8 Å². The van der Waals surface area contributed by atoms with Gasteiger partial charge in [-0.3, -0.25) is 4.79 Å². The van der Waals surface area contributed by atoms with E-state index < -0.39 is 6.10 Å². The normalized spacial score (nSPS) is 19.2. The van der Waals surface area contributed by atoms with E-state index in [1.165, 1.54) is 0 Å². The monoisotopic (exact) mass is 342 g/mol. The Balaban J connectivity index is 1.76. The number of nitrogens with zero attached hydrogens (tertiary/aromatic N) is 2. The van der Waals surface area contributed by atoms with Crippen LogP contribution in [0.1, 0.15) is 48.5 Å². The van der Waals surface area contributed by atoms with Gasteiger partial charge in [-0.05, 0) is 31.5 Å². The maximum absolute atomic E-state index is 13.1. The molecule has 3 rings (SSSR count). The Morgan fingerprint density at radius 2 is 2.00 bits per heavy atom. The summed E-state index contributed by atoms with van der Waals surface area (Å²) in [7, 11) is 0. The number of benzene rings is 1. The van der Waals surface area contributed by atoms with Gasteiger partial charge in [0.05, 0.1) is 25.4 Å². The highest BCUT2D eigenvalue weighted by Gasteiger charge is 2.31. The smallest absolute Gasteiger partial charge is 0.270 e. The highest BCUT2D eigenvalue weighted by atomic mass is 16.5. The van der Waals surface area contributed by atoms with Crippen LogP contribution in [-0.4, -0.2) is 46.3 Å². The molecule has 1 aromatic carbocycles. The Morgan fingerprint density at radius 3 is 2.72 bits per heavy atom. The minimum absolute atomic E-state index is 0.00672. The van der Waals surface area contributed by atoms with Crippen LogP contribution in [0.2, 0.25) is 0 Å². The molecule has 2 atom stereocenters. The second-order valence-electron chi connectivity index (χ2n) is 6.78. The maximum atomic E-state index is 13.1. The molecule has 0 saturated carbocycles. The predicted octanol–water partition coefficient (Wildman–Crippen LogP) is 3.03. The molecule has 1 aromatic heterocycles. The fourth-order valence-electron chi connectivity index (χ4n) is 3.36. The Kier molecular flexibility index (Phi) is 5.56. The highest BCUT2D eigenvalue weighted by molar-refractivity contribution is 5.93. The number of ether oxygens (including phenoxy) is 1. The second kappa shape index (κ2) is 7.85. The molecule has 5 heteroatoms. The fraction of sp³-hybridized carbons (Fsp3) is 0.450. The van der Waals surface area contributed by atoms with Gasteiger partial charge in [-0.1, -0.05) is 30.3 Å². The molecule has 0 spiro atoms. The molecule has 2 unspecified atom stereocenters. The number of amides is 1. The molecular weight excluding hydrogens is 316 g/mol. The molecule has 1 aliphatic rings. The number of aromatic nitrogens is 1. The lowest BCUT2D eigenvalue weighted by Crippen LogP contribution is -2.49. The summed E-state index contributed by atoms with van der Waals surface area (Å²) < 4.78 is 7.57. The first kappa shape index (κ1) is 17.7. The molecule has 1 amide bonds. The molecule has 1 aliphatic heterocycles. The number of aliphatic hydroxyl groups excluding tert-OH is 1. The zero-order valence-electron chi connectivity index (χ0n) is 14.8. The van der Waals surface area contributed by atoms with E-state index in [1.807, 2.05) is 58.1 Å². The summed E-state index contributed by atoms with van der Waals surface area (Å²) in [6, 6.07) is 13.4. The van der Waals surface area contributed by atoms with Crippen molar-refractivity contribution in [3.05, 3.63) is 59.9 Å². The van der Waals surface area contributed by atoms with Crippen LogP contribution in [0.5, 0.6) is 0 Å². The first-order valence-electron chi connectivity index (χ1n) is 8.86. The number of hydrogen-bond donors (Lipinski definition) is 1. The molecule has 1 N–H and O–H groups in total. The third-order valence-electron chi connectivity index (χ3n) is 4.72. The van der Waals surface area contributed by atoms with Crippen molar-refractivity contribution in [3.8, 4) is 0 Å². The topological polar surface area (TPSA) is 54.7 Å². The van der Waals surface area contributed by atoms with E-state index in [1.54, 1.807) is 0 Å². The van der Waals surface area contributed by atoms with E-state index in [4.69, 9.17) is 4.74 Å². The Labute approximate surface area is 148 Å². The number of aliphatic hydroxyl groups is 1. The molecule has 1 fully saturated rings. The Hall–Kier alpha value is -2.11. The molecule has 5 nitrogen and oxygen atoms in total. The van der Waals surface area contributed by atoms with Gasteiger partial charge in [0.25, 0.3) is 5.91 Å². The van der Waals surface area contributed by atoms with Crippen molar-refractivity contribution >= 4 is 5.91 Å². The molecule has 134 valence electrons. The minimum Gasteiger partial charge on any atom is -0.388 e. The average Bonchev–Trinajstić information content (AvgIpc) is 3.12. The van der Waals surface area contributed by atoms with Crippen molar-refractivity contribution in [1.82, 2.24) is 9.47 Å². The van der Waals surface area contributed by atoms with Crippen LogP contribution in [0, 0.1) is 0 Å². The average molecular weight is 342 g/mol. The van der Waals surface area contributed by atoms with Crippen LogP contribution in [-0.2, 0) is 4.74 Å². The van der Waals surface area contributed by atoms with Crippen molar-refractivity contribution < 1.29 is 14.6 Å². The van der Waals surface area contributed by atoms with Crippen LogP contribution in [0.4, 0.5) is 0 Å². The molecule has 2 aromatic rings. The number of carbonyl (C=O) groups excluding carboxylic acids is 1. The van der Waals surface area contributed by atoms with Crippen LogP contribution in [0.15, 0.2) is 48.7 Å². The quantitative estimate of drug-likeness (QED) is 0.909. The summed E-state index contributed by atoms with van der Waals surface area (Å²) in [5.41, 5.74) is 1.56. The summed E-state index contributed by atoms with van der Waals surface area (Å²) >= 11 is 0. The van der Waals surface area contributed by atoms with E-state index in [2.05, 4.69) is 13.8 Å². The number of carbonyl (C=O) groups is 1. The van der Waals surface area contributed by atoms with Gasteiger partial charge >= 0.3 is 0 Å². The fourth-order valence-corrected chi connectivity index (χ4v) is 3.36. The first-order chi connectivity index (χ1) is 12.1. The minimum atomic E-state index is -0.611. The van der Waals surface area contributed by atoms with Gasteiger partial charge in [0.15, 0.2) is 0 Å². The van der Waals surface area contributed by atoms with Crippen LogP contribution < -0.4 is 0 Å². The van der Waals surface area contributed by atoms with E-state index in [9.17, 15) is 9.90 Å².